The zero-order valence-electron chi connectivity index (χ0n) is 15.6. The Balaban J connectivity index is 1.67. The van der Waals surface area contributed by atoms with Crippen molar-refractivity contribution in [3.05, 3.63) is 65.7 Å². The van der Waals surface area contributed by atoms with Crippen LogP contribution in [0, 0.1) is 11.3 Å². The van der Waals surface area contributed by atoms with Crippen molar-refractivity contribution in [2.45, 2.75) is 35.5 Å². The zero-order chi connectivity index (χ0) is 21.6. The van der Waals surface area contributed by atoms with Gasteiger partial charge in [-0.15, -0.1) is 0 Å². The van der Waals surface area contributed by atoms with Gasteiger partial charge in [-0.3, -0.25) is 0 Å². The maximum Gasteiger partial charge on any atom is 0.335 e. The summed E-state index contributed by atoms with van der Waals surface area (Å²) in [5.74, 6) is -1.30. The molecule has 0 radical (unpaired) electrons. The number of ether oxygens (including phenoxy) is 1. The van der Waals surface area contributed by atoms with Crippen LogP contribution in [-0.2, 0) is 14.8 Å². The number of rotatable bonds is 5. The Kier molecular flexibility index (Phi) is 4.86. The molecule has 4 unspecified atom stereocenters. The average molecular weight is 426 g/mol. The normalized spacial score (nSPS) is 24.4. The first-order valence-corrected chi connectivity index (χ1v) is 10.6. The molecule has 1 fully saturated rings. The molecule has 0 spiro atoms. The minimum atomic E-state index is -3.97. The van der Waals surface area contributed by atoms with Gasteiger partial charge < -0.3 is 14.9 Å². The fraction of sp³-hybridized carbons (Fsp3) is 0.238. The van der Waals surface area contributed by atoms with Gasteiger partial charge in [0.25, 0.3) is 0 Å². The van der Waals surface area contributed by atoms with Crippen molar-refractivity contribution in [1.82, 2.24) is 4.72 Å². The van der Waals surface area contributed by atoms with Crippen molar-refractivity contribution in [3.8, 4) is 11.8 Å². The van der Waals surface area contributed by atoms with Crippen LogP contribution in [0.1, 0.15) is 29.0 Å². The van der Waals surface area contributed by atoms with Gasteiger partial charge in [-0.05, 0) is 24.3 Å². The highest BCUT2D eigenvalue weighted by molar-refractivity contribution is 7.89. The summed E-state index contributed by atoms with van der Waals surface area (Å²) in [4.78, 5) is 11.3. The molecule has 8 nitrogen and oxygen atoms in total. The second kappa shape index (κ2) is 7.25. The number of aliphatic hydroxyl groups excluding tert-OH is 1. The molecule has 154 valence electrons. The number of benzene rings is 2. The second-order valence-corrected chi connectivity index (χ2v) is 8.99. The van der Waals surface area contributed by atoms with Crippen molar-refractivity contribution in [3.63, 3.8) is 0 Å². The summed E-state index contributed by atoms with van der Waals surface area (Å²) < 4.78 is 34.2. The Morgan fingerprint density at radius 1 is 1.23 bits per heavy atom. The topological polar surface area (TPSA) is 137 Å². The van der Waals surface area contributed by atoms with Crippen molar-refractivity contribution in [1.29, 1.82) is 5.26 Å². The monoisotopic (exact) mass is 426 g/mol. The molecule has 2 aromatic carbocycles. The van der Waals surface area contributed by atoms with E-state index < -0.39 is 40.2 Å². The van der Waals surface area contributed by atoms with E-state index in [0.717, 1.165) is 0 Å². The molecule has 2 aliphatic rings. The van der Waals surface area contributed by atoms with Crippen LogP contribution in [-0.4, -0.2) is 42.8 Å². The molecule has 1 aliphatic heterocycles. The average Bonchev–Trinajstić information content (AvgIpc) is 3.22. The number of fused-ring (bicyclic) bond motifs is 3. The summed E-state index contributed by atoms with van der Waals surface area (Å²) in [6, 6.07) is 11.5. The van der Waals surface area contributed by atoms with Crippen LogP contribution in [0.15, 0.2) is 53.9 Å². The number of aliphatic carboxylic acids is 1. The number of hydrogen-bond acceptors (Lipinski definition) is 6. The molecule has 4 atom stereocenters. The van der Waals surface area contributed by atoms with Crippen molar-refractivity contribution in [2.24, 2.45) is 0 Å². The van der Waals surface area contributed by atoms with Gasteiger partial charge in [0.15, 0.2) is 0 Å². The zero-order valence-corrected chi connectivity index (χ0v) is 16.5. The van der Waals surface area contributed by atoms with Crippen molar-refractivity contribution >= 4 is 21.6 Å². The van der Waals surface area contributed by atoms with Gasteiger partial charge in [0, 0.05) is 23.5 Å². The number of aliphatic hydroxyl groups is 1. The van der Waals surface area contributed by atoms with Crippen LogP contribution in [0.25, 0.3) is 5.57 Å². The lowest BCUT2D eigenvalue weighted by Gasteiger charge is -2.22. The Morgan fingerprint density at radius 3 is 2.57 bits per heavy atom. The molecule has 0 bridgehead atoms. The Morgan fingerprint density at radius 2 is 1.93 bits per heavy atom. The van der Waals surface area contributed by atoms with Gasteiger partial charge in [-0.1, -0.05) is 24.8 Å². The van der Waals surface area contributed by atoms with E-state index in [9.17, 15) is 23.4 Å². The van der Waals surface area contributed by atoms with Gasteiger partial charge in [-0.2, -0.15) is 5.26 Å². The Bertz CT molecular complexity index is 1180. The van der Waals surface area contributed by atoms with E-state index in [0.29, 0.717) is 22.4 Å². The number of sulfonamides is 1. The van der Waals surface area contributed by atoms with Crippen molar-refractivity contribution < 1.29 is 28.2 Å². The van der Waals surface area contributed by atoms with Crippen LogP contribution >= 0.6 is 0 Å². The summed E-state index contributed by atoms with van der Waals surface area (Å²) >= 11 is 0. The molecule has 2 aromatic rings. The third-order valence-corrected chi connectivity index (χ3v) is 6.99. The second-order valence-electron chi connectivity index (χ2n) is 7.28. The molecule has 3 N–H and O–H groups in total. The molecular weight excluding hydrogens is 408 g/mol. The molecule has 0 amide bonds. The first kappa shape index (κ1) is 20.1. The molecule has 4 rings (SSSR count). The van der Waals surface area contributed by atoms with Crippen LogP contribution in [0.5, 0.6) is 5.75 Å². The van der Waals surface area contributed by atoms with Gasteiger partial charge in [0.05, 0.1) is 34.2 Å². The molecule has 0 aromatic heterocycles. The Hall–Kier alpha value is -3.19. The lowest BCUT2D eigenvalue weighted by Crippen LogP contribution is -2.43. The molecular formula is C21H18N2O6S. The van der Waals surface area contributed by atoms with Crippen LogP contribution in [0.4, 0.5) is 0 Å². The summed E-state index contributed by atoms with van der Waals surface area (Å²) in [5, 5.41) is 28.7. The van der Waals surface area contributed by atoms with Gasteiger partial charge in [0.1, 0.15) is 11.9 Å². The number of carbonyl (C=O) groups is 1. The maximum atomic E-state index is 12.9. The van der Waals surface area contributed by atoms with Crippen molar-refractivity contribution in [2.75, 3.05) is 0 Å². The van der Waals surface area contributed by atoms with Crippen LogP contribution in [0.2, 0.25) is 0 Å². The molecule has 1 aliphatic carbocycles. The lowest BCUT2D eigenvalue weighted by atomic mass is 9.91. The number of nitrogens with one attached hydrogen (secondary N) is 1. The molecule has 9 heteroatoms. The summed E-state index contributed by atoms with van der Waals surface area (Å²) in [5.41, 5.74) is 1.17. The molecule has 30 heavy (non-hydrogen) atoms. The van der Waals surface area contributed by atoms with Crippen LogP contribution < -0.4 is 9.46 Å². The lowest BCUT2D eigenvalue weighted by molar-refractivity contribution is -0.130. The first-order chi connectivity index (χ1) is 14.2. The first-order valence-electron chi connectivity index (χ1n) is 9.15. The Labute approximate surface area is 173 Å². The number of carboxylic acid groups (broad SMARTS) is 1. The summed E-state index contributed by atoms with van der Waals surface area (Å²) in [6.45, 7) is 3.58. The van der Waals surface area contributed by atoms with E-state index in [1.807, 2.05) is 6.07 Å². The van der Waals surface area contributed by atoms with E-state index >= 15 is 0 Å². The summed E-state index contributed by atoms with van der Waals surface area (Å²) in [7, 11) is -3.97. The number of nitriles is 1. The van der Waals surface area contributed by atoms with E-state index in [-0.39, 0.29) is 16.9 Å². The largest absolute Gasteiger partial charge is 0.489 e. The SMILES string of the molecule is C=C(C(=O)O)c1cccc2c1OC1CC(O)C(NS(=O)(=O)c3ccc(C#N)cc3)C21. The minimum Gasteiger partial charge on any atom is -0.489 e. The number of carboxylic acids is 1. The van der Waals surface area contributed by atoms with E-state index in [1.165, 1.54) is 24.3 Å². The third kappa shape index (κ3) is 3.25. The summed E-state index contributed by atoms with van der Waals surface area (Å²) in [6.07, 6.45) is -1.28. The molecule has 0 saturated heterocycles. The fourth-order valence-corrected chi connectivity index (χ4v) is 5.37. The minimum absolute atomic E-state index is 0.0238. The number of hydrogen-bond donors (Lipinski definition) is 3. The standard InChI is InChI=1S/C21H18N2O6S/c1-11(21(25)26)14-3-2-4-15-18-17(29-20(14)15)9-16(24)19(18)23-30(27,28)13-7-5-12(10-22)6-8-13/h2-8,16-19,23-24H,1,9H2,(H,25,26). The highest BCUT2D eigenvalue weighted by atomic mass is 32.2. The van der Waals surface area contributed by atoms with Gasteiger partial charge >= 0.3 is 5.97 Å². The highest BCUT2D eigenvalue weighted by Gasteiger charge is 2.51. The fourth-order valence-electron chi connectivity index (χ4n) is 4.08. The predicted molar refractivity (Wildman–Crippen MR) is 106 cm³/mol. The third-order valence-electron chi connectivity index (χ3n) is 5.52. The van der Waals surface area contributed by atoms with Crippen LogP contribution in [0.3, 0.4) is 0 Å². The maximum absolute atomic E-state index is 12.9. The highest BCUT2D eigenvalue weighted by Crippen LogP contribution is 2.49. The van der Waals surface area contributed by atoms with Gasteiger partial charge in [-0.25, -0.2) is 17.9 Å². The quantitative estimate of drug-likeness (QED) is 0.618. The predicted octanol–water partition coefficient (Wildman–Crippen LogP) is 1.61. The smallest absolute Gasteiger partial charge is 0.335 e. The van der Waals surface area contributed by atoms with Gasteiger partial charge in [0.2, 0.25) is 10.0 Å². The van der Waals surface area contributed by atoms with E-state index in [1.54, 1.807) is 18.2 Å². The van der Waals surface area contributed by atoms with E-state index in [4.69, 9.17) is 10.00 Å². The molecule has 1 saturated carbocycles. The molecule has 1 heterocycles. The number of nitrogens with zero attached hydrogens (tertiary/aromatic N) is 1. The number of para-hydroxylation sites is 1. The van der Waals surface area contributed by atoms with E-state index in [2.05, 4.69) is 11.3 Å².